The molecule has 0 radical (unpaired) electrons. The summed E-state index contributed by atoms with van der Waals surface area (Å²) in [6, 6.07) is 9.48. The minimum Gasteiger partial charge on any atom is -0.454 e. The highest BCUT2D eigenvalue weighted by Gasteiger charge is 2.28. The number of aryl methyl sites for hydroxylation is 2. The van der Waals surface area contributed by atoms with Crippen molar-refractivity contribution in [1.29, 1.82) is 0 Å². The SMILES string of the molecule is Cc1ccc(C)c(C(=O)COC(=O)c2ccc(Cl)c(S(=O)(=O)N3CCCCCC3)c2)c1. The molecule has 2 aromatic carbocycles. The van der Waals surface area contributed by atoms with E-state index < -0.39 is 22.6 Å². The van der Waals surface area contributed by atoms with Crippen LogP contribution in [0.25, 0.3) is 0 Å². The Balaban J connectivity index is 1.76. The lowest BCUT2D eigenvalue weighted by atomic mass is 10.0. The van der Waals surface area contributed by atoms with E-state index in [4.69, 9.17) is 16.3 Å². The molecule has 0 spiro atoms. The van der Waals surface area contributed by atoms with Crippen LogP contribution in [0, 0.1) is 13.8 Å². The van der Waals surface area contributed by atoms with Crippen molar-refractivity contribution in [2.24, 2.45) is 0 Å². The molecule has 0 N–H and O–H groups in total. The summed E-state index contributed by atoms with van der Waals surface area (Å²) in [4.78, 5) is 24.9. The average molecular weight is 464 g/mol. The van der Waals surface area contributed by atoms with Crippen molar-refractivity contribution in [3.05, 3.63) is 63.7 Å². The van der Waals surface area contributed by atoms with Crippen LogP contribution in [0.4, 0.5) is 0 Å². The summed E-state index contributed by atoms with van der Waals surface area (Å²) in [5.41, 5.74) is 2.25. The Bertz CT molecular complexity index is 1090. The summed E-state index contributed by atoms with van der Waals surface area (Å²) in [6.07, 6.45) is 3.55. The zero-order valence-corrected chi connectivity index (χ0v) is 19.3. The zero-order valence-electron chi connectivity index (χ0n) is 17.7. The van der Waals surface area contributed by atoms with E-state index >= 15 is 0 Å². The first-order valence-electron chi connectivity index (χ1n) is 10.3. The van der Waals surface area contributed by atoms with E-state index in [-0.39, 0.29) is 21.3 Å². The molecule has 0 atom stereocenters. The largest absolute Gasteiger partial charge is 0.454 e. The van der Waals surface area contributed by atoms with Gasteiger partial charge in [0.1, 0.15) is 4.90 Å². The Morgan fingerprint density at radius 2 is 1.68 bits per heavy atom. The summed E-state index contributed by atoms with van der Waals surface area (Å²) in [7, 11) is -3.83. The minimum atomic E-state index is -3.83. The Morgan fingerprint density at radius 3 is 2.35 bits per heavy atom. The highest BCUT2D eigenvalue weighted by atomic mass is 35.5. The number of ether oxygens (including phenoxy) is 1. The van der Waals surface area contributed by atoms with Gasteiger partial charge in [-0.15, -0.1) is 0 Å². The predicted molar refractivity (Wildman–Crippen MR) is 119 cm³/mol. The third-order valence-electron chi connectivity index (χ3n) is 5.38. The van der Waals surface area contributed by atoms with Crippen molar-refractivity contribution >= 4 is 33.4 Å². The van der Waals surface area contributed by atoms with E-state index in [1.165, 1.54) is 22.5 Å². The standard InChI is InChI=1S/C23H26ClNO5S/c1-16-7-8-17(2)19(13-16)21(26)15-30-23(27)18-9-10-20(24)22(14-18)31(28,29)25-11-5-3-4-6-12-25/h7-10,13-14H,3-6,11-12,15H2,1-2H3. The summed E-state index contributed by atoms with van der Waals surface area (Å²) in [5, 5.41) is 0.0484. The maximum absolute atomic E-state index is 13.1. The lowest BCUT2D eigenvalue weighted by molar-refractivity contribution is 0.0474. The smallest absolute Gasteiger partial charge is 0.338 e. The van der Waals surface area contributed by atoms with E-state index in [1.807, 2.05) is 26.0 Å². The molecule has 0 unspecified atom stereocenters. The van der Waals surface area contributed by atoms with Crippen molar-refractivity contribution in [2.75, 3.05) is 19.7 Å². The predicted octanol–water partition coefficient (Wildman–Crippen LogP) is 4.56. The van der Waals surface area contributed by atoms with Gasteiger partial charge in [-0.1, -0.05) is 42.1 Å². The summed E-state index contributed by atoms with van der Waals surface area (Å²) in [6.45, 7) is 4.12. The third-order valence-corrected chi connectivity index (χ3v) is 7.76. The number of ketones is 1. The first kappa shape index (κ1) is 23.4. The number of hydrogen-bond acceptors (Lipinski definition) is 5. The number of esters is 1. The third kappa shape index (κ3) is 5.53. The number of Topliss-reactive ketones (excluding diaryl/α,β-unsaturated/α-hetero) is 1. The molecule has 1 fully saturated rings. The molecule has 8 heteroatoms. The monoisotopic (exact) mass is 463 g/mol. The maximum atomic E-state index is 13.1. The van der Waals surface area contributed by atoms with Crippen molar-refractivity contribution in [3.63, 3.8) is 0 Å². The zero-order chi connectivity index (χ0) is 22.6. The van der Waals surface area contributed by atoms with Gasteiger partial charge in [-0.2, -0.15) is 4.31 Å². The number of sulfonamides is 1. The van der Waals surface area contributed by atoms with E-state index in [1.54, 1.807) is 6.07 Å². The highest BCUT2D eigenvalue weighted by Crippen LogP contribution is 2.28. The van der Waals surface area contributed by atoms with E-state index in [0.29, 0.717) is 18.7 Å². The molecule has 1 aliphatic rings. The molecule has 166 valence electrons. The Morgan fingerprint density at radius 1 is 1.00 bits per heavy atom. The van der Waals surface area contributed by atoms with Crippen LogP contribution in [-0.2, 0) is 14.8 Å². The molecular formula is C23H26ClNO5S. The fourth-order valence-electron chi connectivity index (χ4n) is 3.58. The Hall–Kier alpha value is -2.22. The van der Waals surface area contributed by atoms with Crippen LogP contribution >= 0.6 is 11.6 Å². The van der Waals surface area contributed by atoms with Crippen molar-refractivity contribution < 1.29 is 22.7 Å². The fraction of sp³-hybridized carbons (Fsp3) is 0.391. The first-order chi connectivity index (χ1) is 14.7. The van der Waals surface area contributed by atoms with Gasteiger partial charge in [0.05, 0.1) is 10.6 Å². The fourth-order valence-corrected chi connectivity index (χ4v) is 5.60. The van der Waals surface area contributed by atoms with Gasteiger partial charge in [0.15, 0.2) is 6.61 Å². The number of rotatable bonds is 6. The quantitative estimate of drug-likeness (QED) is 0.463. The molecule has 0 saturated carbocycles. The summed E-state index contributed by atoms with van der Waals surface area (Å²) >= 11 is 6.17. The summed E-state index contributed by atoms with van der Waals surface area (Å²) in [5.74, 6) is -1.09. The van der Waals surface area contributed by atoms with Crippen LogP contribution in [0.5, 0.6) is 0 Å². The second-order valence-corrected chi connectivity index (χ2v) is 10.1. The molecule has 1 heterocycles. The lowest BCUT2D eigenvalue weighted by Crippen LogP contribution is -2.32. The molecule has 0 amide bonds. The van der Waals surface area contributed by atoms with Crippen molar-refractivity contribution in [1.82, 2.24) is 4.31 Å². The molecule has 0 aliphatic carbocycles. The lowest BCUT2D eigenvalue weighted by Gasteiger charge is -2.21. The molecule has 0 aromatic heterocycles. The van der Waals surface area contributed by atoms with Gasteiger partial charge in [-0.05, 0) is 56.5 Å². The van der Waals surface area contributed by atoms with Gasteiger partial charge in [0.25, 0.3) is 0 Å². The minimum absolute atomic E-state index is 0.0339. The number of hydrogen-bond donors (Lipinski definition) is 0. The number of carbonyl (C=O) groups is 2. The van der Waals surface area contributed by atoms with Crippen LogP contribution in [0.3, 0.4) is 0 Å². The molecule has 2 aromatic rings. The van der Waals surface area contributed by atoms with Gasteiger partial charge in [0.2, 0.25) is 15.8 Å². The van der Waals surface area contributed by atoms with E-state index in [9.17, 15) is 18.0 Å². The average Bonchev–Trinajstić information content (AvgIpc) is 3.04. The van der Waals surface area contributed by atoms with Crippen LogP contribution in [-0.4, -0.2) is 44.2 Å². The van der Waals surface area contributed by atoms with Gasteiger partial charge < -0.3 is 4.74 Å². The number of benzene rings is 2. The van der Waals surface area contributed by atoms with Gasteiger partial charge >= 0.3 is 5.97 Å². The second-order valence-electron chi connectivity index (χ2n) is 7.78. The normalized spacial score (nSPS) is 15.3. The molecule has 3 rings (SSSR count). The van der Waals surface area contributed by atoms with Crippen molar-refractivity contribution in [2.45, 2.75) is 44.4 Å². The molecule has 0 bridgehead atoms. The van der Waals surface area contributed by atoms with Gasteiger partial charge in [-0.3, -0.25) is 4.79 Å². The highest BCUT2D eigenvalue weighted by molar-refractivity contribution is 7.89. The number of halogens is 1. The van der Waals surface area contributed by atoms with Gasteiger partial charge in [0, 0.05) is 18.7 Å². The van der Waals surface area contributed by atoms with Crippen LogP contribution in [0.15, 0.2) is 41.3 Å². The molecule has 1 aliphatic heterocycles. The van der Waals surface area contributed by atoms with Crippen molar-refractivity contribution in [3.8, 4) is 0 Å². The number of carbonyl (C=O) groups excluding carboxylic acids is 2. The molecule has 6 nitrogen and oxygen atoms in total. The molecule has 1 saturated heterocycles. The summed E-state index contributed by atoms with van der Waals surface area (Å²) < 4.78 is 32.8. The van der Waals surface area contributed by atoms with Gasteiger partial charge in [-0.25, -0.2) is 13.2 Å². The Kier molecular flexibility index (Phi) is 7.51. The Labute approximate surface area is 188 Å². The molecule has 31 heavy (non-hydrogen) atoms. The maximum Gasteiger partial charge on any atom is 0.338 e. The van der Waals surface area contributed by atoms with Crippen LogP contribution in [0.2, 0.25) is 5.02 Å². The van der Waals surface area contributed by atoms with E-state index in [2.05, 4.69) is 0 Å². The second kappa shape index (κ2) is 9.94. The van der Waals surface area contributed by atoms with Crippen LogP contribution < -0.4 is 0 Å². The number of nitrogens with zero attached hydrogens (tertiary/aromatic N) is 1. The molecular weight excluding hydrogens is 438 g/mol. The first-order valence-corrected chi connectivity index (χ1v) is 12.1. The van der Waals surface area contributed by atoms with E-state index in [0.717, 1.165) is 36.8 Å². The van der Waals surface area contributed by atoms with Crippen LogP contribution in [0.1, 0.15) is 57.5 Å². The topological polar surface area (TPSA) is 80.8 Å².